The van der Waals surface area contributed by atoms with Crippen molar-refractivity contribution in [3.63, 3.8) is 0 Å². The highest BCUT2D eigenvalue weighted by Crippen LogP contribution is 2.04. The topological polar surface area (TPSA) is 71.1 Å². The van der Waals surface area contributed by atoms with E-state index < -0.39 is 0 Å². The fourth-order valence-corrected chi connectivity index (χ4v) is 1.35. The van der Waals surface area contributed by atoms with Crippen LogP contribution in [0.2, 0.25) is 0 Å². The van der Waals surface area contributed by atoms with Crippen molar-refractivity contribution in [1.29, 1.82) is 0 Å². The summed E-state index contributed by atoms with van der Waals surface area (Å²) >= 11 is 0. The van der Waals surface area contributed by atoms with E-state index in [2.05, 4.69) is 15.2 Å². The van der Waals surface area contributed by atoms with Crippen LogP contribution in [0.25, 0.3) is 0 Å². The molecule has 1 heterocycles. The highest BCUT2D eigenvalue weighted by Gasteiger charge is 2.21. The number of carbonyl (C=O) groups excluding carboxylic acids is 1. The second-order valence-corrected chi connectivity index (χ2v) is 3.83. The van der Waals surface area contributed by atoms with Gasteiger partial charge in [0.15, 0.2) is 0 Å². The summed E-state index contributed by atoms with van der Waals surface area (Å²) in [6, 6.07) is 0.0986. The van der Waals surface area contributed by atoms with Crippen molar-refractivity contribution < 1.29 is 9.53 Å². The zero-order valence-corrected chi connectivity index (χ0v) is 10.1. The predicted molar refractivity (Wildman–Crippen MR) is 59.2 cm³/mol. The molecular formula is C10H18N4O2. The molecule has 0 saturated heterocycles. The summed E-state index contributed by atoms with van der Waals surface area (Å²) in [7, 11) is 1.61. The van der Waals surface area contributed by atoms with Gasteiger partial charge in [0, 0.05) is 19.7 Å². The minimum Gasteiger partial charge on any atom is -0.383 e. The average Bonchev–Trinajstić information content (AvgIpc) is 2.64. The SMILES string of the molecule is COCCN(C(=O)c1n[nH]c(C)n1)C(C)C. The number of H-pyrrole nitrogens is 1. The first-order valence-corrected chi connectivity index (χ1v) is 5.25. The molecule has 1 aromatic rings. The van der Waals surface area contributed by atoms with Crippen LogP contribution >= 0.6 is 0 Å². The molecule has 0 radical (unpaired) electrons. The fraction of sp³-hybridized carbons (Fsp3) is 0.700. The number of ether oxygens (including phenoxy) is 1. The molecule has 1 N–H and O–H groups in total. The molecule has 0 aliphatic carbocycles. The Hall–Kier alpha value is -1.43. The molecule has 0 aromatic carbocycles. The standard InChI is InChI=1S/C10H18N4O2/c1-7(2)14(5-6-16-4)10(15)9-11-8(3)12-13-9/h7H,5-6H2,1-4H3,(H,11,12,13). The minimum absolute atomic E-state index is 0.0986. The Morgan fingerprint density at radius 1 is 1.56 bits per heavy atom. The molecule has 0 fully saturated rings. The summed E-state index contributed by atoms with van der Waals surface area (Å²) in [4.78, 5) is 17.7. The van der Waals surface area contributed by atoms with Crippen LogP contribution in [0.15, 0.2) is 0 Å². The molecule has 0 atom stereocenters. The number of nitrogens with zero attached hydrogens (tertiary/aromatic N) is 3. The molecule has 90 valence electrons. The van der Waals surface area contributed by atoms with Crippen LogP contribution in [0, 0.1) is 6.92 Å². The second-order valence-electron chi connectivity index (χ2n) is 3.83. The van der Waals surface area contributed by atoms with Gasteiger partial charge in [0.1, 0.15) is 5.82 Å². The van der Waals surface area contributed by atoms with Crippen molar-refractivity contribution in [3.05, 3.63) is 11.6 Å². The summed E-state index contributed by atoms with van der Waals surface area (Å²) in [6.45, 7) is 6.71. The highest BCUT2D eigenvalue weighted by atomic mass is 16.5. The number of carbonyl (C=O) groups is 1. The molecule has 0 aliphatic rings. The molecule has 0 unspecified atom stereocenters. The molecule has 6 nitrogen and oxygen atoms in total. The lowest BCUT2D eigenvalue weighted by molar-refractivity contribution is 0.0623. The second kappa shape index (κ2) is 5.60. The van der Waals surface area contributed by atoms with Gasteiger partial charge in [-0.2, -0.15) is 0 Å². The largest absolute Gasteiger partial charge is 0.383 e. The Morgan fingerprint density at radius 3 is 2.69 bits per heavy atom. The summed E-state index contributed by atoms with van der Waals surface area (Å²) in [5.41, 5.74) is 0. The zero-order valence-electron chi connectivity index (χ0n) is 10.1. The third kappa shape index (κ3) is 3.03. The van der Waals surface area contributed by atoms with Gasteiger partial charge in [0.25, 0.3) is 5.91 Å². The molecule has 0 aliphatic heterocycles. The van der Waals surface area contributed by atoms with Crippen molar-refractivity contribution in [2.45, 2.75) is 26.8 Å². The maximum atomic E-state index is 12.0. The monoisotopic (exact) mass is 226 g/mol. The summed E-state index contributed by atoms with van der Waals surface area (Å²) < 4.78 is 4.97. The van der Waals surface area contributed by atoms with Crippen LogP contribution < -0.4 is 0 Å². The molecular weight excluding hydrogens is 208 g/mol. The maximum Gasteiger partial charge on any atom is 0.293 e. The van der Waals surface area contributed by atoms with E-state index in [1.807, 2.05) is 13.8 Å². The first-order valence-electron chi connectivity index (χ1n) is 5.25. The number of aromatic nitrogens is 3. The number of aryl methyl sites for hydroxylation is 1. The van der Waals surface area contributed by atoms with Gasteiger partial charge < -0.3 is 9.64 Å². The van der Waals surface area contributed by atoms with Crippen LogP contribution in [0.5, 0.6) is 0 Å². The van der Waals surface area contributed by atoms with Crippen molar-refractivity contribution in [3.8, 4) is 0 Å². The van der Waals surface area contributed by atoms with E-state index in [0.29, 0.717) is 19.0 Å². The Kier molecular flexibility index (Phi) is 4.42. The van der Waals surface area contributed by atoms with Gasteiger partial charge in [0.05, 0.1) is 6.61 Å². The van der Waals surface area contributed by atoms with Crippen molar-refractivity contribution >= 4 is 5.91 Å². The van der Waals surface area contributed by atoms with Gasteiger partial charge in [-0.25, -0.2) is 4.98 Å². The third-order valence-electron chi connectivity index (χ3n) is 2.21. The van der Waals surface area contributed by atoms with Gasteiger partial charge in [-0.1, -0.05) is 0 Å². The number of rotatable bonds is 5. The van der Waals surface area contributed by atoms with Crippen LogP contribution in [-0.4, -0.2) is 52.3 Å². The maximum absolute atomic E-state index is 12.0. The van der Waals surface area contributed by atoms with E-state index >= 15 is 0 Å². The minimum atomic E-state index is -0.170. The molecule has 1 amide bonds. The highest BCUT2D eigenvalue weighted by molar-refractivity contribution is 5.90. The van der Waals surface area contributed by atoms with E-state index in [4.69, 9.17) is 4.74 Å². The van der Waals surface area contributed by atoms with Gasteiger partial charge in [-0.15, -0.1) is 5.10 Å². The lowest BCUT2D eigenvalue weighted by Gasteiger charge is -2.24. The van der Waals surface area contributed by atoms with Crippen LogP contribution in [0.3, 0.4) is 0 Å². The van der Waals surface area contributed by atoms with E-state index in [-0.39, 0.29) is 17.8 Å². The summed E-state index contributed by atoms with van der Waals surface area (Å²) in [5, 5.41) is 6.52. The van der Waals surface area contributed by atoms with Gasteiger partial charge in [-0.3, -0.25) is 9.89 Å². The number of hydrogen-bond acceptors (Lipinski definition) is 4. The zero-order chi connectivity index (χ0) is 12.1. The van der Waals surface area contributed by atoms with E-state index in [9.17, 15) is 4.79 Å². The fourth-order valence-electron chi connectivity index (χ4n) is 1.35. The van der Waals surface area contributed by atoms with E-state index in [0.717, 1.165) is 0 Å². The van der Waals surface area contributed by atoms with Gasteiger partial charge in [0.2, 0.25) is 5.82 Å². The number of methoxy groups -OCH3 is 1. The van der Waals surface area contributed by atoms with Crippen molar-refractivity contribution in [1.82, 2.24) is 20.1 Å². The van der Waals surface area contributed by atoms with E-state index in [1.165, 1.54) is 0 Å². The number of hydrogen-bond donors (Lipinski definition) is 1. The van der Waals surface area contributed by atoms with Crippen LogP contribution in [0.1, 0.15) is 30.3 Å². The Bertz CT molecular complexity index is 348. The third-order valence-corrected chi connectivity index (χ3v) is 2.21. The molecule has 0 spiro atoms. The normalized spacial score (nSPS) is 10.8. The first kappa shape index (κ1) is 12.6. The van der Waals surface area contributed by atoms with E-state index in [1.54, 1.807) is 18.9 Å². The summed E-state index contributed by atoms with van der Waals surface area (Å²) in [5.74, 6) is 0.678. The predicted octanol–water partition coefficient (Wildman–Crippen LogP) is 0.610. The molecule has 1 aromatic heterocycles. The van der Waals surface area contributed by atoms with Gasteiger partial charge >= 0.3 is 0 Å². The van der Waals surface area contributed by atoms with Crippen molar-refractivity contribution in [2.75, 3.05) is 20.3 Å². The molecule has 6 heteroatoms. The Balaban J connectivity index is 2.74. The molecule has 1 rings (SSSR count). The average molecular weight is 226 g/mol. The molecule has 0 saturated carbocycles. The molecule has 0 bridgehead atoms. The van der Waals surface area contributed by atoms with Crippen LogP contribution in [-0.2, 0) is 4.74 Å². The van der Waals surface area contributed by atoms with Crippen molar-refractivity contribution in [2.24, 2.45) is 0 Å². The Morgan fingerprint density at radius 2 is 2.25 bits per heavy atom. The quantitative estimate of drug-likeness (QED) is 0.798. The smallest absolute Gasteiger partial charge is 0.293 e. The van der Waals surface area contributed by atoms with Crippen LogP contribution in [0.4, 0.5) is 0 Å². The molecule has 16 heavy (non-hydrogen) atoms. The van der Waals surface area contributed by atoms with Gasteiger partial charge in [-0.05, 0) is 20.8 Å². The Labute approximate surface area is 95.0 Å². The lowest BCUT2D eigenvalue weighted by Crippen LogP contribution is -2.39. The number of aromatic amines is 1. The summed E-state index contributed by atoms with van der Waals surface area (Å²) in [6.07, 6.45) is 0. The first-order chi connectivity index (χ1) is 7.56. The number of amides is 1. The number of nitrogens with one attached hydrogen (secondary N) is 1. The lowest BCUT2D eigenvalue weighted by atomic mass is 10.3.